The third-order valence-electron chi connectivity index (χ3n) is 4.35. The standard InChI is InChI=1S/C22H16Cl2N2O/c23-17-9-5-15(6-10-17)14-26-21(19-3-1-2-4-22(19)27)13-20(25-26)16-7-11-18(24)12-8-16/h1-13,27H,14H2. The number of benzene rings is 3. The molecule has 0 atom stereocenters. The summed E-state index contributed by atoms with van der Waals surface area (Å²) in [6.07, 6.45) is 0. The first kappa shape index (κ1) is 17.7. The van der Waals surface area contributed by atoms with Crippen LogP contribution in [0.25, 0.3) is 22.5 Å². The summed E-state index contributed by atoms with van der Waals surface area (Å²) >= 11 is 12.0. The van der Waals surface area contributed by atoms with Gasteiger partial charge in [0.05, 0.1) is 17.9 Å². The van der Waals surface area contributed by atoms with E-state index in [1.807, 2.05) is 71.4 Å². The Labute approximate surface area is 167 Å². The van der Waals surface area contributed by atoms with E-state index in [-0.39, 0.29) is 5.75 Å². The highest BCUT2D eigenvalue weighted by Gasteiger charge is 2.14. The maximum Gasteiger partial charge on any atom is 0.124 e. The van der Waals surface area contributed by atoms with Crippen LogP contribution in [0, 0.1) is 0 Å². The van der Waals surface area contributed by atoms with Crippen LogP contribution in [0.4, 0.5) is 0 Å². The molecule has 1 heterocycles. The molecule has 4 aromatic rings. The van der Waals surface area contributed by atoms with Crippen LogP contribution >= 0.6 is 23.2 Å². The Kier molecular flexibility index (Phi) is 4.88. The van der Waals surface area contributed by atoms with Crippen LogP contribution < -0.4 is 0 Å². The first-order valence-corrected chi connectivity index (χ1v) is 9.22. The Hall–Kier alpha value is -2.75. The molecule has 3 aromatic carbocycles. The van der Waals surface area contributed by atoms with E-state index in [1.54, 1.807) is 12.1 Å². The smallest absolute Gasteiger partial charge is 0.124 e. The Bertz CT molecular complexity index is 1070. The molecule has 0 aliphatic heterocycles. The third-order valence-corrected chi connectivity index (χ3v) is 4.85. The van der Waals surface area contributed by atoms with Crippen LogP contribution in [-0.2, 0) is 6.54 Å². The number of phenolic OH excluding ortho intramolecular Hbond substituents is 1. The molecule has 0 unspecified atom stereocenters. The molecule has 0 amide bonds. The van der Waals surface area contributed by atoms with Gasteiger partial charge in [0, 0.05) is 21.2 Å². The second-order valence-electron chi connectivity index (χ2n) is 6.22. The first-order chi connectivity index (χ1) is 13.1. The summed E-state index contributed by atoms with van der Waals surface area (Å²) in [5.41, 5.74) is 4.43. The van der Waals surface area contributed by atoms with Gasteiger partial charge in [-0.1, -0.05) is 59.6 Å². The lowest BCUT2D eigenvalue weighted by Crippen LogP contribution is -2.04. The molecule has 27 heavy (non-hydrogen) atoms. The van der Waals surface area contributed by atoms with Crippen LogP contribution in [-0.4, -0.2) is 14.9 Å². The van der Waals surface area contributed by atoms with Gasteiger partial charge in [-0.25, -0.2) is 0 Å². The van der Waals surface area contributed by atoms with Crippen molar-refractivity contribution in [1.82, 2.24) is 9.78 Å². The predicted octanol–water partition coefficient (Wildman–Crippen LogP) is 6.28. The van der Waals surface area contributed by atoms with Crippen molar-refractivity contribution < 1.29 is 5.11 Å². The van der Waals surface area contributed by atoms with E-state index in [2.05, 4.69) is 0 Å². The lowest BCUT2D eigenvalue weighted by Gasteiger charge is -2.09. The Morgan fingerprint density at radius 2 is 1.44 bits per heavy atom. The minimum absolute atomic E-state index is 0.220. The normalized spacial score (nSPS) is 10.9. The fourth-order valence-corrected chi connectivity index (χ4v) is 3.22. The molecule has 0 bridgehead atoms. The predicted molar refractivity (Wildman–Crippen MR) is 110 cm³/mol. The van der Waals surface area contributed by atoms with Crippen LogP contribution in [0.1, 0.15) is 5.56 Å². The molecule has 5 heteroatoms. The number of phenols is 1. The van der Waals surface area contributed by atoms with Crippen LogP contribution in [0.2, 0.25) is 10.0 Å². The number of aromatic nitrogens is 2. The number of hydrogen-bond donors (Lipinski definition) is 1. The van der Waals surface area contributed by atoms with Gasteiger partial charge < -0.3 is 5.11 Å². The summed E-state index contributed by atoms with van der Waals surface area (Å²) in [7, 11) is 0. The highest BCUT2D eigenvalue weighted by atomic mass is 35.5. The summed E-state index contributed by atoms with van der Waals surface area (Å²) < 4.78 is 1.89. The van der Waals surface area contributed by atoms with Gasteiger partial charge >= 0.3 is 0 Å². The minimum atomic E-state index is 0.220. The quantitative estimate of drug-likeness (QED) is 0.442. The van der Waals surface area contributed by atoms with E-state index in [4.69, 9.17) is 28.3 Å². The number of nitrogens with zero attached hydrogens (tertiary/aromatic N) is 2. The van der Waals surface area contributed by atoms with Gasteiger partial charge in [-0.05, 0) is 48.0 Å². The van der Waals surface area contributed by atoms with E-state index in [0.29, 0.717) is 16.6 Å². The van der Waals surface area contributed by atoms with Crippen LogP contribution in [0.3, 0.4) is 0 Å². The van der Waals surface area contributed by atoms with E-state index in [9.17, 15) is 5.11 Å². The van der Waals surface area contributed by atoms with Gasteiger partial charge in [0.2, 0.25) is 0 Å². The van der Waals surface area contributed by atoms with E-state index >= 15 is 0 Å². The van der Waals surface area contributed by atoms with Gasteiger partial charge in [0.25, 0.3) is 0 Å². The average molecular weight is 395 g/mol. The molecule has 0 radical (unpaired) electrons. The summed E-state index contributed by atoms with van der Waals surface area (Å²) in [6, 6.07) is 24.5. The highest BCUT2D eigenvalue weighted by Crippen LogP contribution is 2.32. The lowest BCUT2D eigenvalue weighted by molar-refractivity contribution is 0.476. The number of para-hydroxylation sites is 1. The molecule has 0 saturated carbocycles. The molecule has 0 fully saturated rings. The Morgan fingerprint density at radius 3 is 2.11 bits per heavy atom. The van der Waals surface area contributed by atoms with Crippen LogP contribution in [0.5, 0.6) is 5.75 Å². The fourth-order valence-electron chi connectivity index (χ4n) is 2.97. The Morgan fingerprint density at radius 1 is 0.815 bits per heavy atom. The molecule has 1 N–H and O–H groups in total. The topological polar surface area (TPSA) is 38.1 Å². The molecule has 0 aliphatic carbocycles. The second-order valence-corrected chi connectivity index (χ2v) is 7.10. The third kappa shape index (κ3) is 3.85. The van der Waals surface area contributed by atoms with E-state index in [0.717, 1.165) is 28.1 Å². The largest absolute Gasteiger partial charge is 0.507 e. The van der Waals surface area contributed by atoms with Crippen molar-refractivity contribution in [3.63, 3.8) is 0 Å². The zero-order valence-electron chi connectivity index (χ0n) is 14.3. The molecule has 4 rings (SSSR count). The van der Waals surface area contributed by atoms with Crippen molar-refractivity contribution >= 4 is 23.2 Å². The van der Waals surface area contributed by atoms with E-state index in [1.165, 1.54) is 0 Å². The highest BCUT2D eigenvalue weighted by molar-refractivity contribution is 6.30. The van der Waals surface area contributed by atoms with Gasteiger partial charge in [-0.2, -0.15) is 5.10 Å². The molecule has 0 aliphatic rings. The van der Waals surface area contributed by atoms with Crippen molar-refractivity contribution in [2.24, 2.45) is 0 Å². The zero-order chi connectivity index (χ0) is 18.8. The van der Waals surface area contributed by atoms with Gasteiger partial charge in [0.1, 0.15) is 5.75 Å². The number of hydrogen-bond acceptors (Lipinski definition) is 2. The molecular formula is C22H16Cl2N2O. The average Bonchev–Trinajstić information content (AvgIpc) is 3.08. The number of halogens is 2. The fraction of sp³-hybridized carbons (Fsp3) is 0.0455. The second kappa shape index (κ2) is 7.47. The lowest BCUT2D eigenvalue weighted by atomic mass is 10.1. The number of rotatable bonds is 4. The zero-order valence-corrected chi connectivity index (χ0v) is 15.8. The van der Waals surface area contributed by atoms with Crippen molar-refractivity contribution in [1.29, 1.82) is 0 Å². The molecule has 0 saturated heterocycles. The summed E-state index contributed by atoms with van der Waals surface area (Å²) in [4.78, 5) is 0. The summed E-state index contributed by atoms with van der Waals surface area (Å²) in [5.74, 6) is 0.220. The van der Waals surface area contributed by atoms with E-state index < -0.39 is 0 Å². The van der Waals surface area contributed by atoms with Crippen molar-refractivity contribution in [3.8, 4) is 28.3 Å². The van der Waals surface area contributed by atoms with Gasteiger partial charge in [0.15, 0.2) is 0 Å². The molecule has 134 valence electrons. The first-order valence-electron chi connectivity index (χ1n) is 8.47. The van der Waals surface area contributed by atoms with Gasteiger partial charge in [-0.15, -0.1) is 0 Å². The summed E-state index contributed by atoms with van der Waals surface area (Å²) in [6.45, 7) is 0.564. The Balaban J connectivity index is 1.81. The summed E-state index contributed by atoms with van der Waals surface area (Å²) in [5, 5.41) is 16.5. The van der Waals surface area contributed by atoms with Crippen LogP contribution in [0.15, 0.2) is 78.9 Å². The minimum Gasteiger partial charge on any atom is -0.507 e. The van der Waals surface area contributed by atoms with Crippen molar-refractivity contribution in [2.75, 3.05) is 0 Å². The molecule has 1 aromatic heterocycles. The maximum absolute atomic E-state index is 10.3. The molecule has 3 nitrogen and oxygen atoms in total. The molecular weight excluding hydrogens is 379 g/mol. The SMILES string of the molecule is Oc1ccccc1-c1cc(-c2ccc(Cl)cc2)nn1Cc1ccc(Cl)cc1. The molecule has 0 spiro atoms. The number of aromatic hydroxyl groups is 1. The maximum atomic E-state index is 10.3. The van der Waals surface area contributed by atoms with Crippen molar-refractivity contribution in [2.45, 2.75) is 6.54 Å². The van der Waals surface area contributed by atoms with Gasteiger partial charge in [-0.3, -0.25) is 4.68 Å². The van der Waals surface area contributed by atoms with Crippen molar-refractivity contribution in [3.05, 3.63) is 94.5 Å². The monoisotopic (exact) mass is 394 g/mol.